The van der Waals surface area contributed by atoms with Crippen molar-refractivity contribution < 1.29 is 14.4 Å². The summed E-state index contributed by atoms with van der Waals surface area (Å²) in [4.78, 5) is 35.4. The van der Waals surface area contributed by atoms with E-state index in [0.29, 0.717) is 22.3 Å². The number of imide groups is 1. The maximum Gasteiger partial charge on any atom is 0.290 e. The number of hydrogen-bond acceptors (Lipinski definition) is 4. The van der Waals surface area contributed by atoms with Crippen LogP contribution in [0.5, 0.6) is 0 Å². The lowest BCUT2D eigenvalue weighted by atomic mass is 9.65. The largest absolute Gasteiger partial charge is 0.298 e. The topological polar surface area (TPSA) is 63.2 Å². The number of carbonyl (C=O) groups excluding carboxylic acids is 3. The number of rotatable bonds is 3. The third-order valence-corrected chi connectivity index (χ3v) is 6.13. The summed E-state index contributed by atoms with van der Waals surface area (Å²) in [5, 5.41) is 2.12. The molecule has 2 amide bonds. The maximum atomic E-state index is 12.2. The van der Waals surface area contributed by atoms with E-state index in [1.807, 2.05) is 24.3 Å². The predicted octanol–water partition coefficient (Wildman–Crippen LogP) is 4.52. The Morgan fingerprint density at radius 1 is 1.20 bits per heavy atom. The molecule has 2 aliphatic rings. The van der Waals surface area contributed by atoms with E-state index in [1.54, 1.807) is 0 Å². The molecule has 132 valence electrons. The summed E-state index contributed by atoms with van der Waals surface area (Å²) in [7, 11) is 0. The van der Waals surface area contributed by atoms with E-state index in [4.69, 9.17) is 0 Å². The number of thioether (sulfide) groups is 1. The Morgan fingerprint density at radius 2 is 1.88 bits per heavy atom. The van der Waals surface area contributed by atoms with Gasteiger partial charge < -0.3 is 0 Å². The van der Waals surface area contributed by atoms with E-state index in [1.165, 1.54) is 5.56 Å². The van der Waals surface area contributed by atoms with Crippen molar-refractivity contribution in [3.05, 3.63) is 45.9 Å². The summed E-state index contributed by atoms with van der Waals surface area (Å²) >= 11 is 1.04. The molecule has 0 aromatic heterocycles. The first-order valence-corrected chi connectivity index (χ1v) is 9.53. The Balaban J connectivity index is 2.05. The van der Waals surface area contributed by atoms with Gasteiger partial charge in [-0.2, -0.15) is 0 Å². The number of amides is 2. The second-order valence-corrected chi connectivity index (χ2v) is 8.39. The zero-order valence-electron chi connectivity index (χ0n) is 14.7. The average Bonchev–Trinajstić information content (AvgIpc) is 2.92. The highest BCUT2D eigenvalue weighted by Gasteiger charge is 2.40. The molecule has 1 aliphatic heterocycles. The summed E-state index contributed by atoms with van der Waals surface area (Å²) in [6.07, 6.45) is 2.75. The molecule has 25 heavy (non-hydrogen) atoms. The van der Waals surface area contributed by atoms with E-state index in [-0.39, 0.29) is 23.0 Å². The highest BCUT2D eigenvalue weighted by Crippen LogP contribution is 2.50. The molecule has 3 atom stereocenters. The summed E-state index contributed by atoms with van der Waals surface area (Å²) in [5.74, 6) is 1.06. The first kappa shape index (κ1) is 17.9. The summed E-state index contributed by atoms with van der Waals surface area (Å²) in [6.45, 7) is 6.55. The van der Waals surface area contributed by atoms with Gasteiger partial charge in [-0.25, -0.2) is 0 Å². The lowest BCUT2D eigenvalue weighted by Crippen LogP contribution is -2.30. The smallest absolute Gasteiger partial charge is 0.290 e. The third-order valence-electron chi connectivity index (χ3n) is 5.19. The zero-order chi connectivity index (χ0) is 18.1. The number of carbonyl (C=O) groups is 3. The van der Waals surface area contributed by atoms with Gasteiger partial charge in [0.2, 0.25) is 0 Å². The molecule has 1 heterocycles. The fourth-order valence-electron chi connectivity index (χ4n) is 4.22. The molecule has 0 radical (unpaired) electrons. The number of aldehydes is 1. The summed E-state index contributed by atoms with van der Waals surface area (Å²) in [5.41, 5.74) is 2.99. The van der Waals surface area contributed by atoms with Gasteiger partial charge in [0.1, 0.15) is 6.29 Å². The van der Waals surface area contributed by atoms with Crippen LogP contribution in [0.2, 0.25) is 0 Å². The highest BCUT2D eigenvalue weighted by molar-refractivity contribution is 8.18. The Kier molecular flexibility index (Phi) is 5.13. The van der Waals surface area contributed by atoms with E-state index >= 15 is 0 Å². The van der Waals surface area contributed by atoms with Crippen LogP contribution in [-0.2, 0) is 4.79 Å². The molecule has 5 heteroatoms. The van der Waals surface area contributed by atoms with Gasteiger partial charge in [0.25, 0.3) is 11.1 Å². The van der Waals surface area contributed by atoms with Crippen LogP contribution in [0.4, 0.5) is 4.79 Å². The van der Waals surface area contributed by atoms with Gasteiger partial charge in [0.15, 0.2) is 0 Å². The van der Waals surface area contributed by atoms with Gasteiger partial charge in [0, 0.05) is 5.56 Å². The molecule has 3 unspecified atom stereocenters. The number of benzene rings is 1. The van der Waals surface area contributed by atoms with Gasteiger partial charge in [-0.05, 0) is 59.4 Å². The van der Waals surface area contributed by atoms with Crippen molar-refractivity contribution in [2.45, 2.75) is 39.5 Å². The van der Waals surface area contributed by atoms with E-state index in [9.17, 15) is 14.4 Å². The van der Waals surface area contributed by atoms with Gasteiger partial charge in [-0.3, -0.25) is 19.7 Å². The normalized spacial score (nSPS) is 29.8. The van der Waals surface area contributed by atoms with Crippen LogP contribution in [0.25, 0.3) is 0 Å². The van der Waals surface area contributed by atoms with Crippen molar-refractivity contribution in [3.8, 4) is 0 Å². The van der Waals surface area contributed by atoms with Gasteiger partial charge in [-0.15, -0.1) is 0 Å². The van der Waals surface area contributed by atoms with Crippen LogP contribution < -0.4 is 5.32 Å². The van der Waals surface area contributed by atoms with Crippen LogP contribution in [0, 0.1) is 17.8 Å². The first-order chi connectivity index (χ1) is 11.9. The molecule has 0 bridgehead atoms. The summed E-state index contributed by atoms with van der Waals surface area (Å²) in [6, 6.07) is 7.76. The third kappa shape index (κ3) is 3.56. The van der Waals surface area contributed by atoms with Crippen molar-refractivity contribution >= 4 is 29.2 Å². The molecule has 1 saturated carbocycles. The highest BCUT2D eigenvalue weighted by atomic mass is 32.2. The lowest BCUT2D eigenvalue weighted by Gasteiger charge is -2.40. The van der Waals surface area contributed by atoms with Crippen LogP contribution >= 0.6 is 11.8 Å². The molecule has 1 saturated heterocycles. The second-order valence-electron chi connectivity index (χ2n) is 7.40. The monoisotopic (exact) mass is 357 g/mol. The molecule has 2 fully saturated rings. The minimum absolute atomic E-state index is 0.220. The zero-order valence-corrected chi connectivity index (χ0v) is 15.6. The van der Waals surface area contributed by atoms with Crippen LogP contribution in [0.1, 0.15) is 55.5 Å². The molecule has 3 rings (SSSR count). The van der Waals surface area contributed by atoms with Crippen molar-refractivity contribution in [2.24, 2.45) is 17.8 Å². The van der Waals surface area contributed by atoms with Crippen LogP contribution in [0.3, 0.4) is 0 Å². The SMILES string of the molecule is CC1CC(=C2SC(=O)NC2=O)C(C(C)C)C(c2ccc(C=O)cc2)C1. The standard InChI is InChI=1S/C20H23NO3S/c1-11(2)17-15(14-6-4-13(10-22)5-7-14)8-12(3)9-16(17)18-19(23)21-20(24)25-18/h4-7,10-12,15,17H,8-9H2,1-3H3,(H,21,23,24). The fourth-order valence-corrected chi connectivity index (χ4v) is 5.04. The quantitative estimate of drug-likeness (QED) is 0.638. The first-order valence-electron chi connectivity index (χ1n) is 8.72. The Hall–Kier alpha value is -1.88. The molecule has 1 aliphatic carbocycles. The minimum Gasteiger partial charge on any atom is -0.298 e. The van der Waals surface area contributed by atoms with Crippen molar-refractivity contribution in [1.29, 1.82) is 0 Å². The van der Waals surface area contributed by atoms with E-state index in [2.05, 4.69) is 26.1 Å². The Bertz CT molecular complexity index is 736. The molecular weight excluding hydrogens is 334 g/mol. The molecule has 4 nitrogen and oxygen atoms in total. The van der Waals surface area contributed by atoms with Crippen LogP contribution in [-0.4, -0.2) is 17.4 Å². The van der Waals surface area contributed by atoms with Crippen molar-refractivity contribution in [2.75, 3.05) is 0 Å². The van der Waals surface area contributed by atoms with Crippen molar-refractivity contribution in [3.63, 3.8) is 0 Å². The molecule has 1 aromatic carbocycles. The fraction of sp³-hybridized carbons (Fsp3) is 0.450. The lowest BCUT2D eigenvalue weighted by molar-refractivity contribution is -0.115. The molecule has 1 N–H and O–H groups in total. The van der Waals surface area contributed by atoms with Crippen LogP contribution in [0.15, 0.2) is 34.7 Å². The maximum absolute atomic E-state index is 12.2. The van der Waals surface area contributed by atoms with Gasteiger partial charge in [-0.1, -0.05) is 45.0 Å². The van der Waals surface area contributed by atoms with Crippen molar-refractivity contribution in [1.82, 2.24) is 5.32 Å². The summed E-state index contributed by atoms with van der Waals surface area (Å²) < 4.78 is 0. The Morgan fingerprint density at radius 3 is 2.40 bits per heavy atom. The van der Waals surface area contributed by atoms with Gasteiger partial charge in [0.05, 0.1) is 4.91 Å². The number of hydrogen-bond donors (Lipinski definition) is 1. The molecular formula is C20H23NO3S. The second kappa shape index (κ2) is 7.16. The predicted molar refractivity (Wildman–Crippen MR) is 99.5 cm³/mol. The Labute approximate surface area is 152 Å². The van der Waals surface area contributed by atoms with Gasteiger partial charge >= 0.3 is 0 Å². The molecule has 1 aromatic rings. The number of nitrogens with one attached hydrogen (secondary N) is 1. The van der Waals surface area contributed by atoms with E-state index in [0.717, 1.165) is 36.5 Å². The number of allylic oxidation sites excluding steroid dienone is 1. The van der Waals surface area contributed by atoms with E-state index < -0.39 is 0 Å². The molecule has 0 spiro atoms. The average molecular weight is 357 g/mol. The minimum atomic E-state index is -0.278.